The summed E-state index contributed by atoms with van der Waals surface area (Å²) >= 11 is 0. The molecular weight excluding hydrogens is 472 g/mol. The molecule has 7 heteroatoms. The molecule has 2 heterocycles. The second-order valence-electron chi connectivity index (χ2n) is 13.2. The zero-order valence-electron chi connectivity index (χ0n) is 21.7. The smallest absolute Gasteiger partial charge is 0.334 e. The molecule has 2 N–H and O–H groups in total. The molecule has 1 spiro atoms. The number of ketones is 1. The molecule has 7 aliphatic rings. The lowest BCUT2D eigenvalue weighted by molar-refractivity contribution is -0.155. The first-order valence-corrected chi connectivity index (χ1v) is 13.4. The van der Waals surface area contributed by atoms with Crippen LogP contribution in [0.5, 0.6) is 0 Å². The van der Waals surface area contributed by atoms with Crippen molar-refractivity contribution in [1.82, 2.24) is 0 Å². The predicted molar refractivity (Wildman–Crippen MR) is 132 cm³/mol. The molecule has 7 nitrogen and oxygen atoms in total. The minimum atomic E-state index is -1.17. The van der Waals surface area contributed by atoms with Crippen LogP contribution in [0.2, 0.25) is 0 Å². The Balaban J connectivity index is 1.43. The fourth-order valence-corrected chi connectivity index (χ4v) is 10.1. The van der Waals surface area contributed by atoms with Crippen LogP contribution < -0.4 is 0 Å². The molecule has 0 aromatic carbocycles. The van der Waals surface area contributed by atoms with Gasteiger partial charge in [-0.05, 0) is 52.5 Å². The molecule has 4 fully saturated rings. The number of allylic oxidation sites excluding steroid dienone is 2. The second kappa shape index (κ2) is 6.73. The van der Waals surface area contributed by atoms with Crippen LogP contribution >= 0.6 is 0 Å². The van der Waals surface area contributed by atoms with Crippen LogP contribution in [0, 0.1) is 39.9 Å². The van der Waals surface area contributed by atoms with E-state index >= 15 is 0 Å². The van der Waals surface area contributed by atoms with Crippen molar-refractivity contribution in [2.45, 2.75) is 77.3 Å². The van der Waals surface area contributed by atoms with Crippen molar-refractivity contribution in [2.75, 3.05) is 0 Å². The van der Waals surface area contributed by atoms with Gasteiger partial charge in [0.1, 0.15) is 12.2 Å². The van der Waals surface area contributed by atoms with E-state index in [-0.39, 0.29) is 35.9 Å². The Bertz CT molecular complexity index is 1300. The van der Waals surface area contributed by atoms with Gasteiger partial charge in [-0.3, -0.25) is 9.59 Å². The van der Waals surface area contributed by atoms with Crippen molar-refractivity contribution in [1.29, 1.82) is 0 Å². The van der Waals surface area contributed by atoms with Gasteiger partial charge in [-0.25, -0.2) is 4.79 Å². The number of carbonyl (C=O) groups excluding carboxylic acids is 3. The van der Waals surface area contributed by atoms with Gasteiger partial charge in [-0.2, -0.15) is 0 Å². The van der Waals surface area contributed by atoms with E-state index in [1.807, 2.05) is 39.8 Å². The summed E-state index contributed by atoms with van der Waals surface area (Å²) in [5.74, 6) is -2.45. The summed E-state index contributed by atoms with van der Waals surface area (Å²) < 4.78 is 12.2. The number of carbonyl (C=O) groups is 3. The van der Waals surface area contributed by atoms with Gasteiger partial charge in [0.2, 0.25) is 0 Å². The molecule has 0 aromatic heterocycles. The van der Waals surface area contributed by atoms with Crippen molar-refractivity contribution in [3.63, 3.8) is 0 Å². The van der Waals surface area contributed by atoms with Crippen molar-refractivity contribution < 1.29 is 34.1 Å². The Kier molecular flexibility index (Phi) is 4.29. The van der Waals surface area contributed by atoms with Crippen LogP contribution in [0.4, 0.5) is 0 Å². The number of aliphatic hydroxyl groups excluding tert-OH is 1. The molecule has 196 valence electrons. The number of aliphatic hydroxyl groups is 2. The minimum absolute atomic E-state index is 0.0743. The summed E-state index contributed by atoms with van der Waals surface area (Å²) in [5, 5.41) is 23.8. The fraction of sp³-hybridized carbons (Fsp3) is 0.633. The third kappa shape index (κ3) is 2.37. The lowest BCUT2D eigenvalue weighted by atomic mass is 9.54. The number of fused-ring (bicyclic) bond motifs is 6. The Morgan fingerprint density at radius 2 is 1.81 bits per heavy atom. The first kappa shape index (κ1) is 23.6. The van der Waals surface area contributed by atoms with Crippen molar-refractivity contribution in [2.24, 2.45) is 39.9 Å². The fourth-order valence-electron chi connectivity index (χ4n) is 10.1. The Morgan fingerprint density at radius 1 is 1.08 bits per heavy atom. The molecule has 11 atom stereocenters. The van der Waals surface area contributed by atoms with Gasteiger partial charge in [0.15, 0.2) is 5.78 Å². The van der Waals surface area contributed by atoms with Crippen LogP contribution in [0.3, 0.4) is 0 Å². The number of ether oxygens (including phenoxy) is 2. The van der Waals surface area contributed by atoms with E-state index in [9.17, 15) is 24.6 Å². The SMILES string of the molecule is C=C1C(=O)O[C@H]2[C@H]1CC[C@@](C)(O)[C@@]13C=C[C@@](C)([C@H]21)C1(C3)C(=O)O[C@@H]2[C@H]3C(C)=CC(=O)C3=C(C)C[C@H](O)[C@H]21. The standard InChI is InChI=1S/C30H34O7/c1-13-11-18(32)21-23(20-14(2)10-17(31)19(13)20)37-26(34)30(21)12-29-9-8-27(30,4)24(29)22-16(6-7-28(29,5)35)15(3)25(33)36-22/h8-10,16,18,20-24,32,35H,3,6-7,11-12H2,1-2,4-5H3/t16-,18-,20-,21+,22-,23+,24-,27-,28+,29+,30?/m0/s1. The van der Waals surface area contributed by atoms with E-state index in [2.05, 4.69) is 6.58 Å². The normalized spacial score (nSPS) is 53.5. The van der Waals surface area contributed by atoms with Gasteiger partial charge in [-0.15, -0.1) is 0 Å². The van der Waals surface area contributed by atoms with Gasteiger partial charge >= 0.3 is 11.9 Å². The van der Waals surface area contributed by atoms with Gasteiger partial charge in [0.05, 0.1) is 17.1 Å². The minimum Gasteiger partial charge on any atom is -0.460 e. The number of rotatable bonds is 0. The Hall–Kier alpha value is -2.51. The summed E-state index contributed by atoms with van der Waals surface area (Å²) in [6.07, 6.45) is 5.20. The lowest BCUT2D eigenvalue weighted by Crippen LogP contribution is -2.52. The monoisotopic (exact) mass is 506 g/mol. The Labute approximate surface area is 216 Å². The van der Waals surface area contributed by atoms with Crippen LogP contribution in [-0.4, -0.2) is 51.8 Å². The second-order valence-corrected chi connectivity index (χ2v) is 13.2. The maximum Gasteiger partial charge on any atom is 0.334 e. The van der Waals surface area contributed by atoms with Crippen molar-refractivity contribution >= 4 is 17.7 Å². The molecule has 5 aliphatic carbocycles. The molecule has 2 saturated carbocycles. The van der Waals surface area contributed by atoms with E-state index in [4.69, 9.17) is 9.47 Å². The average Bonchev–Trinajstić information content (AvgIpc) is 3.48. The van der Waals surface area contributed by atoms with E-state index in [0.717, 1.165) is 11.1 Å². The third-order valence-corrected chi connectivity index (χ3v) is 11.8. The number of esters is 2. The van der Waals surface area contributed by atoms with E-state index in [1.165, 1.54) is 0 Å². The first-order chi connectivity index (χ1) is 17.3. The predicted octanol–water partition coefficient (Wildman–Crippen LogP) is 2.97. The molecule has 37 heavy (non-hydrogen) atoms. The topological polar surface area (TPSA) is 110 Å². The largest absolute Gasteiger partial charge is 0.460 e. The van der Waals surface area contributed by atoms with Crippen LogP contribution in [0.25, 0.3) is 0 Å². The highest BCUT2D eigenvalue weighted by atomic mass is 16.6. The van der Waals surface area contributed by atoms with Crippen LogP contribution in [0.1, 0.15) is 53.4 Å². The molecule has 2 aliphatic heterocycles. The van der Waals surface area contributed by atoms with Gasteiger partial charge in [0, 0.05) is 45.6 Å². The van der Waals surface area contributed by atoms with Gasteiger partial charge < -0.3 is 19.7 Å². The quantitative estimate of drug-likeness (QED) is 0.295. The molecule has 1 unspecified atom stereocenters. The Morgan fingerprint density at radius 3 is 2.54 bits per heavy atom. The maximum atomic E-state index is 14.2. The molecule has 0 radical (unpaired) electrons. The molecule has 0 aromatic rings. The molecule has 0 amide bonds. The summed E-state index contributed by atoms with van der Waals surface area (Å²) in [5.41, 5.74) is -1.24. The molecule has 2 saturated heterocycles. The summed E-state index contributed by atoms with van der Waals surface area (Å²) in [7, 11) is 0. The highest BCUT2D eigenvalue weighted by Crippen LogP contribution is 2.80. The van der Waals surface area contributed by atoms with Crippen molar-refractivity contribution in [3.8, 4) is 0 Å². The van der Waals surface area contributed by atoms with Crippen molar-refractivity contribution in [3.05, 3.63) is 47.1 Å². The van der Waals surface area contributed by atoms with Crippen LogP contribution in [0.15, 0.2) is 47.1 Å². The highest BCUT2D eigenvalue weighted by molar-refractivity contribution is 6.09. The zero-order valence-corrected chi connectivity index (χ0v) is 21.7. The first-order valence-electron chi connectivity index (χ1n) is 13.4. The molecule has 2 bridgehead atoms. The summed E-state index contributed by atoms with van der Waals surface area (Å²) in [6.45, 7) is 11.6. The van der Waals surface area contributed by atoms with E-state index in [1.54, 1.807) is 6.08 Å². The third-order valence-electron chi connectivity index (χ3n) is 11.8. The highest BCUT2D eigenvalue weighted by Gasteiger charge is 2.84. The summed E-state index contributed by atoms with van der Waals surface area (Å²) in [6, 6.07) is 0. The van der Waals surface area contributed by atoms with Crippen LogP contribution in [-0.2, 0) is 23.9 Å². The number of hydrogen-bond acceptors (Lipinski definition) is 7. The number of hydrogen-bond donors (Lipinski definition) is 2. The maximum absolute atomic E-state index is 14.2. The molecule has 7 rings (SSSR count). The molecular formula is C30H34O7. The van der Waals surface area contributed by atoms with E-state index in [0.29, 0.717) is 30.4 Å². The zero-order chi connectivity index (χ0) is 26.4. The lowest BCUT2D eigenvalue weighted by Gasteiger charge is -2.46. The van der Waals surface area contributed by atoms with Gasteiger partial charge in [-0.1, -0.05) is 36.8 Å². The summed E-state index contributed by atoms with van der Waals surface area (Å²) in [4.78, 5) is 39.8. The van der Waals surface area contributed by atoms with Gasteiger partial charge in [0.25, 0.3) is 0 Å². The van der Waals surface area contributed by atoms with E-state index < -0.39 is 52.0 Å². The average molecular weight is 507 g/mol.